The van der Waals surface area contributed by atoms with Crippen molar-refractivity contribution in [2.45, 2.75) is 0 Å². The molecule has 0 unspecified atom stereocenters. The van der Waals surface area contributed by atoms with Crippen LogP contribution in [0.4, 0.5) is 16.3 Å². The molecule has 1 saturated heterocycles. The molecule has 3 amide bonds. The molecule has 3 N–H and O–H groups in total. The van der Waals surface area contributed by atoms with Crippen molar-refractivity contribution in [2.24, 2.45) is 0 Å². The summed E-state index contributed by atoms with van der Waals surface area (Å²) in [4.78, 5) is 27.9. The first-order chi connectivity index (χ1) is 13.0. The van der Waals surface area contributed by atoms with E-state index in [9.17, 15) is 9.59 Å². The Morgan fingerprint density at radius 3 is 2.33 bits per heavy atom. The molecule has 0 radical (unpaired) electrons. The Bertz CT molecular complexity index is 830. The molecule has 1 aromatic heterocycles. The van der Waals surface area contributed by atoms with Crippen molar-refractivity contribution in [1.82, 2.24) is 20.1 Å². The molecule has 1 fully saturated rings. The summed E-state index contributed by atoms with van der Waals surface area (Å²) in [6.07, 6.45) is 0. The number of urea groups is 1. The van der Waals surface area contributed by atoms with E-state index in [1.165, 1.54) is 7.11 Å². The van der Waals surface area contributed by atoms with Gasteiger partial charge in [-0.15, -0.1) is 0 Å². The summed E-state index contributed by atoms with van der Waals surface area (Å²) in [5.41, 5.74) is 6.11. The lowest BCUT2D eigenvalue weighted by Crippen LogP contribution is -2.51. The molecule has 2 heterocycles. The van der Waals surface area contributed by atoms with Crippen molar-refractivity contribution in [1.29, 1.82) is 0 Å². The van der Waals surface area contributed by atoms with Crippen molar-refractivity contribution >= 4 is 23.4 Å². The van der Waals surface area contributed by atoms with E-state index in [0.29, 0.717) is 43.4 Å². The van der Waals surface area contributed by atoms with E-state index in [2.05, 4.69) is 20.3 Å². The Morgan fingerprint density at radius 1 is 1.07 bits per heavy atom. The lowest BCUT2D eigenvalue weighted by Gasteiger charge is -2.34. The predicted molar refractivity (Wildman–Crippen MR) is 94.8 cm³/mol. The van der Waals surface area contributed by atoms with Crippen LogP contribution in [0.15, 0.2) is 22.8 Å². The number of nitrogens with one attached hydrogen (secondary N) is 1. The second kappa shape index (κ2) is 7.81. The van der Waals surface area contributed by atoms with Gasteiger partial charge in [0.05, 0.1) is 14.2 Å². The van der Waals surface area contributed by atoms with Crippen LogP contribution < -0.4 is 20.5 Å². The number of benzene rings is 1. The quantitative estimate of drug-likeness (QED) is 0.794. The van der Waals surface area contributed by atoms with Crippen LogP contribution in [-0.4, -0.2) is 72.5 Å². The maximum Gasteiger partial charge on any atom is 0.321 e. The Kier molecular flexibility index (Phi) is 5.29. The summed E-state index contributed by atoms with van der Waals surface area (Å²) >= 11 is 0. The molecule has 3 rings (SSSR count). The van der Waals surface area contributed by atoms with Gasteiger partial charge in [0, 0.05) is 37.9 Å². The summed E-state index contributed by atoms with van der Waals surface area (Å²) in [5.74, 6) is 0.677. The number of aromatic nitrogens is 2. The second-order valence-electron chi connectivity index (χ2n) is 5.78. The maximum absolute atomic E-state index is 12.5. The standard InChI is InChI=1S/C16H20N6O5/c1-25-11-4-3-10(9-12(11)26-2)18-16(24)22-7-5-21(6-8-22)15(23)13-14(17)20-27-19-13/h3-4,9H,5-8H2,1-2H3,(H2,17,20)(H,18,24). The molecule has 27 heavy (non-hydrogen) atoms. The summed E-state index contributed by atoms with van der Waals surface area (Å²) in [6.45, 7) is 1.45. The molecule has 0 saturated carbocycles. The molecule has 11 nitrogen and oxygen atoms in total. The van der Waals surface area contributed by atoms with Gasteiger partial charge < -0.3 is 30.3 Å². The SMILES string of the molecule is COc1ccc(NC(=O)N2CCN(C(=O)c3nonc3N)CC2)cc1OC. The Labute approximate surface area is 154 Å². The third kappa shape index (κ3) is 3.86. The molecule has 1 aromatic carbocycles. The number of hydrogen-bond donors (Lipinski definition) is 2. The fourth-order valence-electron chi connectivity index (χ4n) is 2.72. The smallest absolute Gasteiger partial charge is 0.321 e. The van der Waals surface area contributed by atoms with Crippen molar-refractivity contribution in [2.75, 3.05) is 51.4 Å². The highest BCUT2D eigenvalue weighted by molar-refractivity contribution is 5.96. The second-order valence-corrected chi connectivity index (χ2v) is 5.78. The van der Waals surface area contributed by atoms with Gasteiger partial charge in [0.15, 0.2) is 11.5 Å². The zero-order chi connectivity index (χ0) is 19.4. The van der Waals surface area contributed by atoms with E-state index in [-0.39, 0.29) is 23.5 Å². The molecule has 0 atom stereocenters. The number of nitrogens with zero attached hydrogens (tertiary/aromatic N) is 4. The minimum atomic E-state index is -0.367. The van der Waals surface area contributed by atoms with Gasteiger partial charge in [0.2, 0.25) is 11.5 Å². The van der Waals surface area contributed by atoms with Gasteiger partial charge in [-0.2, -0.15) is 0 Å². The zero-order valence-electron chi connectivity index (χ0n) is 15.0. The largest absolute Gasteiger partial charge is 0.493 e. The maximum atomic E-state index is 12.5. The number of carbonyl (C=O) groups is 2. The minimum absolute atomic E-state index is 0.0155. The highest BCUT2D eigenvalue weighted by Gasteiger charge is 2.28. The number of nitrogens with two attached hydrogens (primary N) is 1. The van der Waals surface area contributed by atoms with E-state index >= 15 is 0 Å². The number of carbonyl (C=O) groups excluding carboxylic acids is 2. The number of nitrogen functional groups attached to an aromatic ring is 1. The van der Waals surface area contributed by atoms with E-state index in [1.54, 1.807) is 35.1 Å². The molecule has 2 aromatic rings. The number of piperazine rings is 1. The number of hydrogen-bond acceptors (Lipinski definition) is 8. The first kappa shape index (κ1) is 18.3. The van der Waals surface area contributed by atoms with Crippen LogP contribution >= 0.6 is 0 Å². The van der Waals surface area contributed by atoms with Crippen LogP contribution in [0.2, 0.25) is 0 Å². The zero-order valence-corrected chi connectivity index (χ0v) is 15.0. The van der Waals surface area contributed by atoms with E-state index in [4.69, 9.17) is 15.2 Å². The molecule has 144 valence electrons. The molecule has 1 aliphatic rings. The molecule has 0 aliphatic carbocycles. The first-order valence-electron chi connectivity index (χ1n) is 8.18. The van der Waals surface area contributed by atoms with E-state index in [1.807, 2.05) is 0 Å². The number of rotatable bonds is 4. The van der Waals surface area contributed by atoms with Crippen LogP contribution in [0.25, 0.3) is 0 Å². The van der Waals surface area contributed by atoms with Crippen LogP contribution in [0, 0.1) is 0 Å². The van der Waals surface area contributed by atoms with Gasteiger partial charge >= 0.3 is 6.03 Å². The van der Waals surface area contributed by atoms with E-state index < -0.39 is 0 Å². The van der Waals surface area contributed by atoms with Crippen molar-refractivity contribution in [3.63, 3.8) is 0 Å². The van der Waals surface area contributed by atoms with Crippen molar-refractivity contribution in [3.05, 3.63) is 23.9 Å². The molecule has 1 aliphatic heterocycles. The third-order valence-electron chi connectivity index (χ3n) is 4.21. The summed E-state index contributed by atoms with van der Waals surface area (Å²) in [5, 5.41) is 9.72. The summed E-state index contributed by atoms with van der Waals surface area (Å²) in [7, 11) is 3.07. The summed E-state index contributed by atoms with van der Waals surface area (Å²) in [6, 6.07) is 4.84. The van der Waals surface area contributed by atoms with Crippen LogP contribution in [-0.2, 0) is 0 Å². The van der Waals surface area contributed by atoms with Gasteiger partial charge in [-0.1, -0.05) is 0 Å². The molecule has 0 bridgehead atoms. The van der Waals surface area contributed by atoms with Crippen LogP contribution in [0.1, 0.15) is 10.5 Å². The first-order valence-corrected chi connectivity index (χ1v) is 8.18. The Morgan fingerprint density at radius 2 is 1.74 bits per heavy atom. The fraction of sp³-hybridized carbons (Fsp3) is 0.375. The van der Waals surface area contributed by atoms with Gasteiger partial charge in [-0.05, 0) is 22.4 Å². The highest BCUT2D eigenvalue weighted by atomic mass is 16.6. The lowest BCUT2D eigenvalue weighted by molar-refractivity contribution is 0.0661. The van der Waals surface area contributed by atoms with Gasteiger partial charge in [-0.25, -0.2) is 9.42 Å². The topological polar surface area (TPSA) is 136 Å². The van der Waals surface area contributed by atoms with E-state index in [0.717, 1.165) is 0 Å². The molecular formula is C16H20N6O5. The average Bonchev–Trinajstić information content (AvgIpc) is 3.13. The Hall–Kier alpha value is -3.50. The normalized spacial score (nSPS) is 14.0. The monoisotopic (exact) mass is 376 g/mol. The van der Waals surface area contributed by atoms with Crippen LogP contribution in [0.3, 0.4) is 0 Å². The average molecular weight is 376 g/mol. The van der Waals surface area contributed by atoms with Crippen molar-refractivity contribution in [3.8, 4) is 11.5 Å². The highest BCUT2D eigenvalue weighted by Crippen LogP contribution is 2.29. The fourth-order valence-corrected chi connectivity index (χ4v) is 2.72. The van der Waals surface area contributed by atoms with Gasteiger partial charge in [0.1, 0.15) is 0 Å². The number of amides is 3. The number of anilines is 2. The molecular weight excluding hydrogens is 356 g/mol. The van der Waals surface area contributed by atoms with Crippen molar-refractivity contribution < 1.29 is 23.7 Å². The Balaban J connectivity index is 1.57. The van der Waals surface area contributed by atoms with Gasteiger partial charge in [-0.3, -0.25) is 4.79 Å². The lowest BCUT2D eigenvalue weighted by atomic mass is 10.2. The third-order valence-corrected chi connectivity index (χ3v) is 4.21. The van der Waals surface area contributed by atoms with Crippen LogP contribution in [0.5, 0.6) is 11.5 Å². The molecule has 11 heteroatoms. The molecule has 0 spiro atoms. The predicted octanol–water partition coefficient (Wildman–Crippen LogP) is 0.659. The summed E-state index contributed by atoms with van der Waals surface area (Å²) < 4.78 is 14.9. The van der Waals surface area contributed by atoms with Gasteiger partial charge in [0.25, 0.3) is 5.91 Å². The number of ether oxygens (including phenoxy) is 2. The minimum Gasteiger partial charge on any atom is -0.493 e. The number of methoxy groups -OCH3 is 2.